The molecule has 6 nitrogen and oxygen atoms in total. The number of halogens is 1. The Hall–Kier alpha value is -2.08. The second-order valence-corrected chi connectivity index (χ2v) is 7.61. The Labute approximate surface area is 164 Å². The van der Waals surface area contributed by atoms with Crippen LogP contribution in [0.4, 0.5) is 5.69 Å². The molecule has 2 amide bonds. The average molecular weight is 393 g/mol. The van der Waals surface area contributed by atoms with E-state index in [0.29, 0.717) is 23.7 Å². The molecule has 0 unspecified atom stereocenters. The van der Waals surface area contributed by atoms with Crippen molar-refractivity contribution in [1.29, 1.82) is 0 Å². The zero-order valence-corrected chi connectivity index (χ0v) is 16.3. The highest BCUT2D eigenvalue weighted by Gasteiger charge is 2.26. The number of amides is 2. The number of ether oxygens (including phenoxy) is 1. The van der Waals surface area contributed by atoms with Crippen molar-refractivity contribution in [3.05, 3.63) is 28.8 Å². The van der Waals surface area contributed by atoms with Gasteiger partial charge in [-0.1, -0.05) is 30.9 Å². The van der Waals surface area contributed by atoms with Crippen molar-refractivity contribution in [2.75, 3.05) is 11.4 Å². The second-order valence-electron chi connectivity index (χ2n) is 7.21. The van der Waals surface area contributed by atoms with Gasteiger partial charge in [-0.3, -0.25) is 9.59 Å². The zero-order chi connectivity index (χ0) is 19.4. The van der Waals surface area contributed by atoms with Gasteiger partial charge in [-0.15, -0.1) is 0 Å². The van der Waals surface area contributed by atoms with Crippen LogP contribution in [0, 0.1) is 0 Å². The van der Waals surface area contributed by atoms with Crippen LogP contribution < -0.4 is 10.2 Å². The molecule has 7 heteroatoms. The molecular weight excluding hydrogens is 368 g/mol. The molecule has 1 aliphatic heterocycles. The zero-order valence-electron chi connectivity index (χ0n) is 15.5. The molecule has 3 rings (SSSR count). The first-order valence-corrected chi connectivity index (χ1v) is 9.95. The van der Waals surface area contributed by atoms with Gasteiger partial charge < -0.3 is 15.0 Å². The van der Waals surface area contributed by atoms with E-state index in [-0.39, 0.29) is 23.4 Å². The highest BCUT2D eigenvalue weighted by atomic mass is 35.5. The van der Waals surface area contributed by atoms with Gasteiger partial charge in [0, 0.05) is 19.0 Å². The first-order valence-electron chi connectivity index (χ1n) is 9.57. The van der Waals surface area contributed by atoms with E-state index in [1.807, 2.05) is 0 Å². The third-order valence-corrected chi connectivity index (χ3v) is 5.47. The first kappa shape index (κ1) is 19.7. The van der Waals surface area contributed by atoms with Crippen molar-refractivity contribution >= 4 is 35.1 Å². The number of nitrogens with one attached hydrogen (secondary N) is 1. The summed E-state index contributed by atoms with van der Waals surface area (Å²) < 4.78 is 5.33. The molecular formula is C20H25ClN2O4. The van der Waals surface area contributed by atoms with E-state index in [0.717, 1.165) is 32.1 Å². The number of nitrogens with zero attached hydrogens (tertiary/aromatic N) is 1. The lowest BCUT2D eigenvalue weighted by Crippen LogP contribution is -2.42. The maximum Gasteiger partial charge on any atom is 0.338 e. The van der Waals surface area contributed by atoms with Crippen molar-refractivity contribution in [3.63, 3.8) is 0 Å². The minimum atomic E-state index is -0.882. The van der Waals surface area contributed by atoms with Crippen molar-refractivity contribution < 1.29 is 19.1 Å². The molecule has 0 radical (unpaired) electrons. The summed E-state index contributed by atoms with van der Waals surface area (Å²) in [5, 5.41) is 3.36. The molecule has 1 saturated heterocycles. The van der Waals surface area contributed by atoms with E-state index >= 15 is 0 Å². The van der Waals surface area contributed by atoms with Crippen LogP contribution in [-0.4, -0.2) is 36.5 Å². The Morgan fingerprint density at radius 1 is 1.22 bits per heavy atom. The molecule has 0 aromatic heterocycles. The summed E-state index contributed by atoms with van der Waals surface area (Å²) in [7, 11) is 0. The number of hydrogen-bond acceptors (Lipinski definition) is 4. The molecule has 1 aromatic carbocycles. The van der Waals surface area contributed by atoms with Gasteiger partial charge in [0.05, 0.1) is 16.3 Å². The molecule has 1 atom stereocenters. The van der Waals surface area contributed by atoms with Crippen molar-refractivity contribution in [3.8, 4) is 0 Å². The van der Waals surface area contributed by atoms with Gasteiger partial charge >= 0.3 is 5.97 Å². The number of anilines is 1. The van der Waals surface area contributed by atoms with Gasteiger partial charge in [0.1, 0.15) is 0 Å². The Kier molecular flexibility index (Phi) is 6.37. The number of rotatable bonds is 5. The van der Waals surface area contributed by atoms with Crippen LogP contribution >= 0.6 is 11.6 Å². The summed E-state index contributed by atoms with van der Waals surface area (Å²) in [5.74, 6) is -0.896. The Balaban J connectivity index is 1.63. The Morgan fingerprint density at radius 2 is 1.96 bits per heavy atom. The summed E-state index contributed by atoms with van der Waals surface area (Å²) >= 11 is 6.20. The summed E-state index contributed by atoms with van der Waals surface area (Å²) in [5.41, 5.74) is 0.777. The quantitative estimate of drug-likeness (QED) is 0.778. The largest absolute Gasteiger partial charge is 0.449 e. The smallest absolute Gasteiger partial charge is 0.338 e. The number of carbonyl (C=O) groups excluding carboxylic acids is 3. The van der Waals surface area contributed by atoms with Crippen LogP contribution in [0.25, 0.3) is 0 Å². The fourth-order valence-corrected chi connectivity index (χ4v) is 3.82. The fraction of sp³-hybridized carbons (Fsp3) is 0.550. The van der Waals surface area contributed by atoms with E-state index in [9.17, 15) is 14.4 Å². The number of benzene rings is 1. The minimum absolute atomic E-state index is 0.0114. The minimum Gasteiger partial charge on any atom is -0.449 e. The van der Waals surface area contributed by atoms with Crippen LogP contribution in [0.2, 0.25) is 5.02 Å². The lowest BCUT2D eigenvalue weighted by atomic mass is 9.95. The average Bonchev–Trinajstić information content (AvgIpc) is 3.08. The topological polar surface area (TPSA) is 75.7 Å². The molecule has 0 bridgehead atoms. The maximum absolute atomic E-state index is 12.5. The predicted molar refractivity (Wildman–Crippen MR) is 103 cm³/mol. The Bertz CT molecular complexity index is 731. The van der Waals surface area contributed by atoms with E-state index in [2.05, 4.69) is 5.32 Å². The number of esters is 1. The fourth-order valence-electron chi connectivity index (χ4n) is 3.60. The van der Waals surface area contributed by atoms with Crippen LogP contribution in [0.1, 0.15) is 62.2 Å². The molecule has 1 heterocycles. The molecule has 1 N–H and O–H groups in total. The molecule has 1 aliphatic carbocycles. The predicted octanol–water partition coefficient (Wildman–Crippen LogP) is 3.46. The van der Waals surface area contributed by atoms with Crippen LogP contribution in [0.15, 0.2) is 18.2 Å². The Morgan fingerprint density at radius 3 is 2.63 bits per heavy atom. The van der Waals surface area contributed by atoms with Gasteiger partial charge in [0.25, 0.3) is 5.91 Å². The highest BCUT2D eigenvalue weighted by Crippen LogP contribution is 2.30. The molecule has 27 heavy (non-hydrogen) atoms. The summed E-state index contributed by atoms with van der Waals surface area (Å²) in [6.07, 6.45) is 5.73. The summed E-state index contributed by atoms with van der Waals surface area (Å²) in [4.78, 5) is 38.3. The summed E-state index contributed by atoms with van der Waals surface area (Å²) in [6, 6.07) is 4.84. The maximum atomic E-state index is 12.5. The third-order valence-electron chi connectivity index (χ3n) is 5.15. The summed E-state index contributed by atoms with van der Waals surface area (Å²) in [6.45, 7) is 2.15. The monoisotopic (exact) mass is 392 g/mol. The molecule has 0 spiro atoms. The van der Waals surface area contributed by atoms with Gasteiger partial charge in [-0.05, 0) is 44.4 Å². The van der Waals surface area contributed by atoms with E-state index in [1.54, 1.807) is 30.0 Å². The molecule has 1 saturated carbocycles. The lowest BCUT2D eigenvalue weighted by molar-refractivity contribution is -0.130. The molecule has 1 aromatic rings. The van der Waals surface area contributed by atoms with Gasteiger partial charge in [0.15, 0.2) is 6.10 Å². The van der Waals surface area contributed by atoms with E-state index in [4.69, 9.17) is 16.3 Å². The molecule has 2 fully saturated rings. The van der Waals surface area contributed by atoms with E-state index < -0.39 is 12.1 Å². The standard InChI is InChI=1S/C20H25ClN2O4/c1-13(19(25)22-15-6-3-2-4-7-15)27-20(26)14-9-10-16(21)17(12-14)23-11-5-8-18(23)24/h9-10,12-13,15H,2-8,11H2,1H3,(H,22,25)/t13-/m0/s1. The van der Waals surface area contributed by atoms with Gasteiger partial charge in [-0.25, -0.2) is 4.79 Å². The lowest BCUT2D eigenvalue weighted by Gasteiger charge is -2.24. The second kappa shape index (κ2) is 8.74. The van der Waals surface area contributed by atoms with E-state index in [1.165, 1.54) is 6.42 Å². The van der Waals surface area contributed by atoms with Crippen LogP contribution in [0.5, 0.6) is 0 Å². The SMILES string of the molecule is C[C@H](OC(=O)c1ccc(Cl)c(N2CCCC2=O)c1)C(=O)NC1CCCCC1. The highest BCUT2D eigenvalue weighted by molar-refractivity contribution is 6.34. The third kappa shape index (κ3) is 4.80. The van der Waals surface area contributed by atoms with Gasteiger partial charge in [-0.2, -0.15) is 0 Å². The van der Waals surface area contributed by atoms with Gasteiger partial charge in [0.2, 0.25) is 5.91 Å². The normalized spacial score (nSPS) is 19.0. The van der Waals surface area contributed by atoms with Crippen molar-refractivity contribution in [2.45, 2.75) is 64.0 Å². The first-order chi connectivity index (χ1) is 13.0. The number of carbonyl (C=O) groups is 3. The van der Waals surface area contributed by atoms with Crippen LogP contribution in [0.3, 0.4) is 0 Å². The van der Waals surface area contributed by atoms with Crippen LogP contribution in [-0.2, 0) is 14.3 Å². The van der Waals surface area contributed by atoms with Crippen molar-refractivity contribution in [1.82, 2.24) is 5.32 Å². The van der Waals surface area contributed by atoms with Crippen molar-refractivity contribution in [2.24, 2.45) is 0 Å². The molecule has 146 valence electrons. The molecule has 2 aliphatic rings. The number of hydrogen-bond donors (Lipinski definition) is 1.